The van der Waals surface area contributed by atoms with Gasteiger partial charge in [0.25, 0.3) is 0 Å². The van der Waals surface area contributed by atoms with Gasteiger partial charge in [-0.2, -0.15) is 0 Å². The molecule has 224 valence electrons. The fourth-order valence-electron chi connectivity index (χ4n) is 4.88. The summed E-state index contributed by atoms with van der Waals surface area (Å²) in [6, 6.07) is 0. The van der Waals surface area contributed by atoms with Crippen LogP contribution in [0.1, 0.15) is 100 Å². The van der Waals surface area contributed by atoms with Crippen LogP contribution in [0.25, 0.3) is 0 Å². The van der Waals surface area contributed by atoms with Gasteiger partial charge in [0, 0.05) is 13.0 Å². The van der Waals surface area contributed by atoms with Crippen LogP contribution in [-0.2, 0) is 18.3 Å². The van der Waals surface area contributed by atoms with Crippen molar-refractivity contribution >= 4 is 16.6 Å². The molecule has 0 aromatic heterocycles. The van der Waals surface area contributed by atoms with Crippen molar-refractivity contribution in [2.45, 2.75) is 173 Å². The molecule has 6 nitrogen and oxygen atoms in total. The Hall–Kier alpha value is -0.0662. The zero-order valence-electron chi connectivity index (χ0n) is 26.6. The second kappa shape index (κ2) is 12.8. The summed E-state index contributed by atoms with van der Waals surface area (Å²) >= 11 is 0. The molecule has 5 atom stereocenters. The Balaban J connectivity index is 1.97. The molecule has 0 unspecified atom stereocenters. The SMILES string of the molecule is CC1(C)O[C@H](CC2=CC[C@H](O)C[C@H](O[Si](C)(C)C(C)(C)C)C2)C[C@@H](C[C@H](O)CCO[Si](C)(C)C(C)(C)C)O1. The van der Waals surface area contributed by atoms with Gasteiger partial charge in [-0.1, -0.05) is 53.2 Å². The number of rotatable bonds is 10. The van der Waals surface area contributed by atoms with E-state index in [4.69, 9.17) is 18.3 Å². The molecule has 1 saturated heterocycles. The molecule has 2 N–H and O–H groups in total. The van der Waals surface area contributed by atoms with E-state index in [2.05, 4.69) is 73.8 Å². The molecule has 2 aliphatic rings. The Bertz CT molecular complexity index is 781. The molecule has 1 heterocycles. The Labute approximate surface area is 236 Å². The average molecular weight is 573 g/mol. The van der Waals surface area contributed by atoms with Crippen molar-refractivity contribution in [3.05, 3.63) is 11.6 Å². The first-order chi connectivity index (χ1) is 17.1. The number of aliphatic hydroxyl groups is 2. The predicted octanol–water partition coefficient (Wildman–Crippen LogP) is 7.31. The van der Waals surface area contributed by atoms with Crippen molar-refractivity contribution in [2.24, 2.45) is 0 Å². The second-order valence-corrected chi connectivity index (χ2v) is 24.9. The number of aliphatic hydroxyl groups excluding tert-OH is 2. The summed E-state index contributed by atoms with van der Waals surface area (Å²) in [7, 11) is -3.76. The summed E-state index contributed by atoms with van der Waals surface area (Å²) in [6.07, 6.45) is 6.27. The van der Waals surface area contributed by atoms with Crippen LogP contribution in [0.15, 0.2) is 11.6 Å². The average Bonchev–Trinajstić information content (AvgIpc) is 2.84. The molecule has 0 aromatic carbocycles. The fraction of sp³-hybridized carbons (Fsp3) is 0.933. The standard InChI is InChI=1S/C30H60O6Si2/c1-28(2,3)37(9,10)33-16-15-24(32)19-26-21-25(34-30(7,8)35-26)17-22-13-14-23(31)20-27(18-22)36-38(11,12)29(4,5)6/h13,23-27,31-32H,14-21H2,1-12H3/t23-,24+,25+,26+,27+/m0/s1. The minimum Gasteiger partial charge on any atom is -0.417 e. The lowest BCUT2D eigenvalue weighted by Gasteiger charge is -2.42. The highest BCUT2D eigenvalue weighted by molar-refractivity contribution is 6.74. The molecular formula is C30H60O6Si2. The van der Waals surface area contributed by atoms with Crippen molar-refractivity contribution in [3.63, 3.8) is 0 Å². The molecule has 0 radical (unpaired) electrons. The minimum atomic E-state index is -1.94. The minimum absolute atomic E-state index is 0.00875. The summed E-state index contributed by atoms with van der Waals surface area (Å²) in [6.45, 7) is 27.1. The summed E-state index contributed by atoms with van der Waals surface area (Å²) in [5.41, 5.74) is 1.30. The van der Waals surface area contributed by atoms with Crippen molar-refractivity contribution in [1.29, 1.82) is 0 Å². The van der Waals surface area contributed by atoms with E-state index in [1.807, 2.05) is 13.8 Å². The Morgan fingerprint density at radius 3 is 2.13 bits per heavy atom. The van der Waals surface area contributed by atoms with E-state index in [0.717, 1.165) is 19.3 Å². The van der Waals surface area contributed by atoms with Gasteiger partial charge in [-0.05, 0) is 88.6 Å². The van der Waals surface area contributed by atoms with Gasteiger partial charge in [0.2, 0.25) is 0 Å². The van der Waals surface area contributed by atoms with Crippen molar-refractivity contribution < 1.29 is 28.5 Å². The van der Waals surface area contributed by atoms with E-state index in [0.29, 0.717) is 32.3 Å². The number of hydrogen-bond acceptors (Lipinski definition) is 6. The molecule has 0 aromatic rings. The largest absolute Gasteiger partial charge is 0.417 e. The molecule has 38 heavy (non-hydrogen) atoms. The van der Waals surface area contributed by atoms with E-state index < -0.39 is 28.5 Å². The van der Waals surface area contributed by atoms with Crippen molar-refractivity contribution in [1.82, 2.24) is 0 Å². The molecular weight excluding hydrogens is 512 g/mol. The van der Waals surface area contributed by atoms with Gasteiger partial charge in [-0.25, -0.2) is 0 Å². The van der Waals surface area contributed by atoms with E-state index in [1.54, 1.807) is 0 Å². The third-order valence-corrected chi connectivity index (χ3v) is 18.2. The summed E-state index contributed by atoms with van der Waals surface area (Å²) in [5.74, 6) is -0.702. The molecule has 1 fully saturated rings. The topological polar surface area (TPSA) is 77.4 Å². The highest BCUT2D eigenvalue weighted by Crippen LogP contribution is 2.40. The van der Waals surface area contributed by atoms with Crippen molar-refractivity contribution in [2.75, 3.05) is 6.61 Å². The van der Waals surface area contributed by atoms with Gasteiger partial charge < -0.3 is 28.5 Å². The molecule has 2 rings (SSSR count). The molecule has 1 aliphatic heterocycles. The third-order valence-electron chi connectivity index (χ3n) is 9.14. The highest BCUT2D eigenvalue weighted by atomic mass is 28.4. The Kier molecular flexibility index (Phi) is 11.5. The summed E-state index contributed by atoms with van der Waals surface area (Å²) in [5, 5.41) is 21.7. The molecule has 8 heteroatoms. The Morgan fingerprint density at radius 2 is 1.55 bits per heavy atom. The maximum atomic E-state index is 10.8. The van der Waals surface area contributed by atoms with Crippen molar-refractivity contribution in [3.8, 4) is 0 Å². The Morgan fingerprint density at radius 1 is 0.974 bits per heavy atom. The maximum absolute atomic E-state index is 10.8. The zero-order chi connectivity index (χ0) is 29.2. The zero-order valence-corrected chi connectivity index (χ0v) is 28.6. The van der Waals surface area contributed by atoms with Crippen LogP contribution < -0.4 is 0 Å². The van der Waals surface area contributed by atoms with Gasteiger partial charge in [0.15, 0.2) is 22.4 Å². The predicted molar refractivity (Wildman–Crippen MR) is 161 cm³/mol. The second-order valence-electron chi connectivity index (χ2n) is 15.3. The van der Waals surface area contributed by atoms with Crippen LogP contribution in [0.5, 0.6) is 0 Å². The van der Waals surface area contributed by atoms with E-state index in [1.165, 1.54) is 5.57 Å². The molecule has 0 amide bonds. The van der Waals surface area contributed by atoms with Gasteiger partial charge >= 0.3 is 0 Å². The lowest BCUT2D eigenvalue weighted by atomic mass is 9.95. The van der Waals surface area contributed by atoms with Gasteiger partial charge in [0.1, 0.15) is 0 Å². The quantitative estimate of drug-likeness (QED) is 0.211. The fourth-order valence-corrected chi connectivity index (χ4v) is 7.31. The normalized spacial score (nSPS) is 28.5. The van der Waals surface area contributed by atoms with E-state index in [9.17, 15) is 10.2 Å². The van der Waals surface area contributed by atoms with Crippen LogP contribution in [0, 0.1) is 0 Å². The van der Waals surface area contributed by atoms with Crippen LogP contribution in [0.3, 0.4) is 0 Å². The molecule has 1 aliphatic carbocycles. The van der Waals surface area contributed by atoms with Crippen LogP contribution in [-0.4, -0.2) is 69.8 Å². The smallest absolute Gasteiger partial charge is 0.192 e. The monoisotopic (exact) mass is 572 g/mol. The molecule has 0 bridgehead atoms. The first kappa shape index (κ1) is 34.1. The molecule has 0 spiro atoms. The van der Waals surface area contributed by atoms with Gasteiger partial charge in [-0.3, -0.25) is 0 Å². The maximum Gasteiger partial charge on any atom is 0.192 e. The lowest BCUT2D eigenvalue weighted by molar-refractivity contribution is -0.302. The van der Waals surface area contributed by atoms with E-state index >= 15 is 0 Å². The number of ether oxygens (including phenoxy) is 2. The first-order valence-electron chi connectivity index (χ1n) is 14.8. The first-order valence-corrected chi connectivity index (χ1v) is 20.6. The number of hydrogen-bond donors (Lipinski definition) is 2. The van der Waals surface area contributed by atoms with Gasteiger partial charge in [0.05, 0.1) is 30.5 Å². The van der Waals surface area contributed by atoms with Crippen LogP contribution >= 0.6 is 0 Å². The highest BCUT2D eigenvalue weighted by Gasteiger charge is 2.41. The van der Waals surface area contributed by atoms with Gasteiger partial charge in [-0.15, -0.1) is 0 Å². The van der Waals surface area contributed by atoms with E-state index in [-0.39, 0.29) is 34.5 Å². The third kappa shape index (κ3) is 10.4. The molecule has 0 saturated carbocycles. The summed E-state index contributed by atoms with van der Waals surface area (Å²) in [4.78, 5) is 0. The van der Waals surface area contributed by atoms with Crippen LogP contribution in [0.4, 0.5) is 0 Å². The van der Waals surface area contributed by atoms with Crippen LogP contribution in [0.2, 0.25) is 36.3 Å². The lowest BCUT2D eigenvalue weighted by Crippen LogP contribution is -2.46. The summed E-state index contributed by atoms with van der Waals surface area (Å²) < 4.78 is 25.6.